The van der Waals surface area contributed by atoms with Crippen molar-refractivity contribution in [1.29, 1.82) is 0 Å². The van der Waals surface area contributed by atoms with E-state index in [4.69, 9.17) is 5.10 Å². The fourth-order valence-electron chi connectivity index (χ4n) is 3.21. The molecule has 2 unspecified atom stereocenters. The van der Waals surface area contributed by atoms with Crippen LogP contribution in [0.3, 0.4) is 0 Å². The molecule has 0 saturated carbocycles. The second kappa shape index (κ2) is 5.78. The van der Waals surface area contributed by atoms with Gasteiger partial charge in [-0.1, -0.05) is 32.0 Å². The topological polar surface area (TPSA) is 33.1 Å². The first-order chi connectivity index (χ1) is 10.1. The van der Waals surface area contributed by atoms with Crippen LogP contribution in [0.1, 0.15) is 26.5 Å². The highest BCUT2D eigenvalue weighted by molar-refractivity contribution is 5.81. The minimum absolute atomic E-state index is 0.556. The summed E-state index contributed by atoms with van der Waals surface area (Å²) in [5, 5.41) is 9.69. The van der Waals surface area contributed by atoms with Gasteiger partial charge in [0, 0.05) is 44.2 Å². The van der Waals surface area contributed by atoms with Crippen LogP contribution in [0.5, 0.6) is 0 Å². The molecule has 0 radical (unpaired) electrons. The van der Waals surface area contributed by atoms with Crippen LogP contribution in [0.25, 0.3) is 10.9 Å². The number of hydrogen-bond donors (Lipinski definition) is 1. The van der Waals surface area contributed by atoms with Crippen molar-refractivity contribution in [2.75, 3.05) is 13.1 Å². The van der Waals surface area contributed by atoms with Gasteiger partial charge in [-0.25, -0.2) is 0 Å². The van der Waals surface area contributed by atoms with Gasteiger partial charge in [0.15, 0.2) is 0 Å². The van der Waals surface area contributed by atoms with Crippen molar-refractivity contribution >= 4 is 10.9 Å². The average Bonchev–Trinajstić information content (AvgIpc) is 2.78. The molecule has 114 valence electrons. The molecule has 1 saturated heterocycles. The molecule has 1 fully saturated rings. The molecule has 0 spiro atoms. The highest BCUT2D eigenvalue weighted by Gasteiger charge is 2.27. The van der Waals surface area contributed by atoms with E-state index in [0.29, 0.717) is 18.0 Å². The molecule has 21 heavy (non-hydrogen) atoms. The van der Waals surface area contributed by atoms with E-state index in [9.17, 15) is 0 Å². The Kier molecular flexibility index (Phi) is 4.00. The summed E-state index contributed by atoms with van der Waals surface area (Å²) in [5.74, 6) is 0.667. The molecule has 0 amide bonds. The van der Waals surface area contributed by atoms with Crippen LogP contribution in [0.4, 0.5) is 0 Å². The third kappa shape index (κ3) is 2.83. The summed E-state index contributed by atoms with van der Waals surface area (Å²) in [6.45, 7) is 9.99. The van der Waals surface area contributed by atoms with Gasteiger partial charge in [0.25, 0.3) is 0 Å². The molecule has 1 aliphatic heterocycles. The number of aromatic nitrogens is 2. The first-order valence-corrected chi connectivity index (χ1v) is 7.94. The van der Waals surface area contributed by atoms with Crippen LogP contribution in [0.2, 0.25) is 0 Å². The van der Waals surface area contributed by atoms with Crippen LogP contribution in [-0.4, -0.2) is 39.9 Å². The summed E-state index contributed by atoms with van der Waals surface area (Å²) in [6, 6.07) is 9.65. The number of piperazine rings is 1. The third-order valence-corrected chi connectivity index (χ3v) is 4.72. The van der Waals surface area contributed by atoms with Crippen molar-refractivity contribution in [1.82, 2.24) is 20.0 Å². The molecule has 1 aliphatic rings. The van der Waals surface area contributed by atoms with E-state index in [1.165, 1.54) is 16.6 Å². The molecule has 4 heteroatoms. The Morgan fingerprint density at radius 2 is 2.10 bits per heavy atom. The second-order valence-corrected chi connectivity index (χ2v) is 6.62. The summed E-state index contributed by atoms with van der Waals surface area (Å²) >= 11 is 0. The maximum absolute atomic E-state index is 4.74. The Morgan fingerprint density at radius 1 is 1.33 bits per heavy atom. The van der Waals surface area contributed by atoms with Crippen molar-refractivity contribution in [3.05, 3.63) is 30.0 Å². The maximum atomic E-state index is 4.74. The molecule has 2 aromatic rings. The van der Waals surface area contributed by atoms with Crippen LogP contribution in [0.15, 0.2) is 24.3 Å². The molecule has 1 N–H and O–H groups in total. The standard InChI is InChI=1S/C17H26N4/c1-12(2)15-10-21(13(3)9-18-15)11-16-14-7-5-6-8-17(14)20(4)19-16/h5-8,12-13,15,18H,9-11H2,1-4H3. The number of nitrogens with zero attached hydrogens (tertiary/aromatic N) is 3. The molecule has 2 heterocycles. The fourth-order valence-corrected chi connectivity index (χ4v) is 3.21. The SMILES string of the molecule is CC(C)C1CN(Cc2nn(C)c3ccccc23)C(C)CN1. The van der Waals surface area contributed by atoms with Crippen molar-refractivity contribution < 1.29 is 0 Å². The van der Waals surface area contributed by atoms with Gasteiger partial charge in [-0.15, -0.1) is 0 Å². The third-order valence-electron chi connectivity index (χ3n) is 4.72. The Hall–Kier alpha value is -1.39. The lowest BCUT2D eigenvalue weighted by molar-refractivity contribution is 0.115. The normalized spacial score (nSPS) is 24.0. The predicted octanol–water partition coefficient (Wildman–Crippen LogP) is 2.39. The highest BCUT2D eigenvalue weighted by atomic mass is 15.3. The van der Waals surface area contributed by atoms with E-state index in [1.807, 2.05) is 11.7 Å². The number of fused-ring (bicyclic) bond motifs is 1. The molecule has 3 rings (SSSR count). The number of benzene rings is 1. The molecule has 4 nitrogen and oxygen atoms in total. The summed E-state index contributed by atoms with van der Waals surface area (Å²) < 4.78 is 2.00. The number of rotatable bonds is 3. The molecular formula is C17H26N4. The molecule has 1 aromatic carbocycles. The van der Waals surface area contributed by atoms with E-state index in [0.717, 1.165) is 19.6 Å². The van der Waals surface area contributed by atoms with E-state index in [-0.39, 0.29) is 0 Å². The van der Waals surface area contributed by atoms with Gasteiger partial charge < -0.3 is 5.32 Å². The first kappa shape index (κ1) is 14.5. The van der Waals surface area contributed by atoms with Crippen LogP contribution in [-0.2, 0) is 13.6 Å². The van der Waals surface area contributed by atoms with E-state index in [1.54, 1.807) is 0 Å². The smallest absolute Gasteiger partial charge is 0.0843 e. The molecule has 1 aromatic heterocycles. The molecule has 0 bridgehead atoms. The van der Waals surface area contributed by atoms with Crippen molar-refractivity contribution in [2.24, 2.45) is 13.0 Å². The van der Waals surface area contributed by atoms with Gasteiger partial charge in [-0.2, -0.15) is 5.10 Å². The van der Waals surface area contributed by atoms with Gasteiger partial charge in [0.05, 0.1) is 11.2 Å². The predicted molar refractivity (Wildman–Crippen MR) is 87.2 cm³/mol. The van der Waals surface area contributed by atoms with Gasteiger partial charge in [0.1, 0.15) is 0 Å². The second-order valence-electron chi connectivity index (χ2n) is 6.62. The summed E-state index contributed by atoms with van der Waals surface area (Å²) in [5.41, 5.74) is 2.42. The number of nitrogens with one attached hydrogen (secondary N) is 1. The summed E-state index contributed by atoms with van der Waals surface area (Å²) in [4.78, 5) is 2.57. The summed E-state index contributed by atoms with van der Waals surface area (Å²) in [6.07, 6.45) is 0. The monoisotopic (exact) mass is 286 g/mol. The average molecular weight is 286 g/mol. The molecule has 0 aliphatic carbocycles. The number of para-hydroxylation sites is 1. The zero-order valence-corrected chi connectivity index (χ0v) is 13.5. The lowest BCUT2D eigenvalue weighted by Gasteiger charge is -2.40. The maximum Gasteiger partial charge on any atom is 0.0843 e. The van der Waals surface area contributed by atoms with E-state index in [2.05, 4.69) is 55.3 Å². The lowest BCUT2D eigenvalue weighted by Crippen LogP contribution is -2.56. The zero-order chi connectivity index (χ0) is 15.0. The minimum atomic E-state index is 0.556. The van der Waals surface area contributed by atoms with Crippen LogP contribution >= 0.6 is 0 Å². The van der Waals surface area contributed by atoms with Crippen LogP contribution < -0.4 is 5.32 Å². The van der Waals surface area contributed by atoms with Gasteiger partial charge >= 0.3 is 0 Å². The molecular weight excluding hydrogens is 260 g/mol. The molecule has 2 atom stereocenters. The minimum Gasteiger partial charge on any atom is -0.311 e. The van der Waals surface area contributed by atoms with Crippen molar-refractivity contribution in [3.8, 4) is 0 Å². The highest BCUT2D eigenvalue weighted by Crippen LogP contribution is 2.21. The lowest BCUT2D eigenvalue weighted by atomic mass is 9.99. The van der Waals surface area contributed by atoms with Gasteiger partial charge in [-0.05, 0) is 18.9 Å². The Bertz CT molecular complexity index is 616. The largest absolute Gasteiger partial charge is 0.311 e. The van der Waals surface area contributed by atoms with Gasteiger partial charge in [0.2, 0.25) is 0 Å². The van der Waals surface area contributed by atoms with Crippen molar-refractivity contribution in [3.63, 3.8) is 0 Å². The number of hydrogen-bond acceptors (Lipinski definition) is 3. The first-order valence-electron chi connectivity index (χ1n) is 7.94. The Balaban J connectivity index is 1.83. The Labute approximate surface area is 127 Å². The fraction of sp³-hybridized carbons (Fsp3) is 0.588. The Morgan fingerprint density at radius 3 is 2.86 bits per heavy atom. The number of aryl methyl sites for hydroxylation is 1. The quantitative estimate of drug-likeness (QED) is 0.940. The summed E-state index contributed by atoms with van der Waals surface area (Å²) in [7, 11) is 2.03. The van der Waals surface area contributed by atoms with E-state index < -0.39 is 0 Å². The van der Waals surface area contributed by atoms with Crippen molar-refractivity contribution in [2.45, 2.75) is 39.4 Å². The zero-order valence-electron chi connectivity index (χ0n) is 13.5. The van der Waals surface area contributed by atoms with Gasteiger partial charge in [-0.3, -0.25) is 9.58 Å². The van der Waals surface area contributed by atoms with Crippen LogP contribution in [0, 0.1) is 5.92 Å². The van der Waals surface area contributed by atoms with E-state index >= 15 is 0 Å².